The second-order valence-corrected chi connectivity index (χ2v) is 2.01. The van der Waals surface area contributed by atoms with E-state index in [0.29, 0.717) is 13.0 Å². The van der Waals surface area contributed by atoms with Crippen molar-refractivity contribution in [3.63, 3.8) is 0 Å². The Morgan fingerprint density at radius 1 is 1.40 bits per heavy atom. The normalized spacial score (nSPS) is 9.10. The Morgan fingerprint density at radius 3 is 2.00 bits per heavy atom. The third-order valence-corrected chi connectivity index (χ3v) is 1.30. The zero-order valence-corrected chi connectivity index (χ0v) is 6.68. The summed E-state index contributed by atoms with van der Waals surface area (Å²) >= 11 is 0. The van der Waals surface area contributed by atoms with Crippen LogP contribution in [-0.4, -0.2) is 23.3 Å². The number of carbonyl (C=O) groups is 2. The molecule has 0 spiro atoms. The summed E-state index contributed by atoms with van der Waals surface area (Å²) in [5, 5.41) is 0. The van der Waals surface area contributed by atoms with Crippen LogP contribution in [0.25, 0.3) is 0 Å². The van der Waals surface area contributed by atoms with E-state index in [1.807, 2.05) is 0 Å². The molecule has 60 valence electrons. The fourth-order valence-electron chi connectivity index (χ4n) is 0.765. The lowest BCUT2D eigenvalue weighted by molar-refractivity contribution is -0.142. The topological polar surface area (TPSA) is 37.4 Å². The molecule has 0 aromatic rings. The number of hydrogen-bond donors (Lipinski definition) is 0. The molecule has 2 amide bonds. The second kappa shape index (κ2) is 4.04. The first kappa shape index (κ1) is 9.14. The summed E-state index contributed by atoms with van der Waals surface area (Å²) in [4.78, 5) is 22.8. The molecule has 0 aromatic heterocycles. The zero-order chi connectivity index (χ0) is 8.15. The smallest absolute Gasteiger partial charge is 0.228 e. The van der Waals surface area contributed by atoms with Crippen LogP contribution in [0.15, 0.2) is 0 Å². The van der Waals surface area contributed by atoms with Crippen molar-refractivity contribution in [2.75, 3.05) is 6.54 Å². The average Bonchev–Trinajstić information content (AvgIpc) is 1.88. The lowest BCUT2D eigenvalue weighted by Crippen LogP contribution is -2.34. The number of hydrogen-bond acceptors (Lipinski definition) is 2. The molecule has 0 fully saturated rings. The maximum absolute atomic E-state index is 10.9. The van der Waals surface area contributed by atoms with E-state index in [-0.39, 0.29) is 13.2 Å². The molecule has 0 atom stereocenters. The van der Waals surface area contributed by atoms with Crippen LogP contribution in [0.1, 0.15) is 28.6 Å². The highest BCUT2D eigenvalue weighted by atomic mass is 16.2. The van der Waals surface area contributed by atoms with Crippen molar-refractivity contribution in [2.45, 2.75) is 27.2 Å². The molecule has 0 aliphatic rings. The monoisotopic (exact) mass is 145 g/mol. The van der Waals surface area contributed by atoms with Crippen LogP contribution in [0, 0.1) is 0 Å². The van der Waals surface area contributed by atoms with Crippen molar-refractivity contribution >= 4 is 11.8 Å². The molecule has 10 heavy (non-hydrogen) atoms. The van der Waals surface area contributed by atoms with Gasteiger partial charge in [0.25, 0.3) is 0 Å². The van der Waals surface area contributed by atoms with Crippen LogP contribution < -0.4 is 0 Å². The fourth-order valence-corrected chi connectivity index (χ4v) is 0.765. The minimum absolute atomic E-state index is 0. The molecular formula is C7H15NO2. The van der Waals surface area contributed by atoms with Gasteiger partial charge in [-0.25, -0.2) is 0 Å². The van der Waals surface area contributed by atoms with E-state index < -0.39 is 0 Å². The highest BCUT2D eigenvalue weighted by Gasteiger charge is 2.12. The zero-order valence-electron chi connectivity index (χ0n) is 6.68. The minimum Gasteiger partial charge on any atom is -0.283 e. The summed E-state index contributed by atoms with van der Waals surface area (Å²) < 4.78 is 0. The van der Waals surface area contributed by atoms with Gasteiger partial charge in [0.05, 0.1) is 0 Å². The van der Waals surface area contributed by atoms with E-state index >= 15 is 0 Å². The van der Waals surface area contributed by atoms with Crippen molar-refractivity contribution in [1.29, 1.82) is 0 Å². The Labute approximate surface area is 62.5 Å². The maximum atomic E-state index is 10.9. The van der Waals surface area contributed by atoms with Crippen LogP contribution in [0.5, 0.6) is 0 Å². The Balaban J connectivity index is 0. The Morgan fingerprint density at radius 2 is 1.90 bits per heavy atom. The van der Waals surface area contributed by atoms with Gasteiger partial charge in [0, 0.05) is 21.3 Å². The van der Waals surface area contributed by atoms with Crippen molar-refractivity contribution in [3.05, 3.63) is 0 Å². The van der Waals surface area contributed by atoms with Crippen LogP contribution in [0.2, 0.25) is 0 Å². The van der Waals surface area contributed by atoms with Gasteiger partial charge in [-0.05, 0) is 6.92 Å². The van der Waals surface area contributed by atoms with Crippen molar-refractivity contribution in [2.24, 2.45) is 0 Å². The van der Waals surface area contributed by atoms with Crippen LogP contribution >= 0.6 is 0 Å². The third-order valence-electron chi connectivity index (χ3n) is 1.30. The average molecular weight is 145 g/mol. The van der Waals surface area contributed by atoms with Gasteiger partial charge in [-0.3, -0.25) is 14.5 Å². The van der Waals surface area contributed by atoms with Crippen molar-refractivity contribution in [1.82, 2.24) is 4.90 Å². The Bertz CT molecular complexity index is 147. The summed E-state index contributed by atoms with van der Waals surface area (Å²) in [5.74, 6) is -0.274. The molecule has 0 rings (SSSR count). The number of rotatable bonds is 2. The van der Waals surface area contributed by atoms with Gasteiger partial charge >= 0.3 is 0 Å². The first-order chi connectivity index (χ1) is 4.63. The standard InChI is InChI=1S/C7H13NO2.H2/c1-4-7(10)8(5-2)6(3)9;/h4-5H2,1-3H3;1H. The predicted octanol–water partition coefficient (Wildman–Crippen LogP) is 1.04. The molecule has 0 saturated heterocycles. The first-order valence-corrected chi connectivity index (χ1v) is 3.44. The van der Waals surface area contributed by atoms with Crippen LogP contribution in [0.3, 0.4) is 0 Å². The van der Waals surface area contributed by atoms with Gasteiger partial charge in [0.1, 0.15) is 0 Å². The Kier molecular flexibility index (Phi) is 3.69. The predicted molar refractivity (Wildman–Crippen MR) is 40.5 cm³/mol. The summed E-state index contributed by atoms with van der Waals surface area (Å²) in [5.41, 5.74) is 0. The second-order valence-electron chi connectivity index (χ2n) is 2.01. The highest BCUT2D eigenvalue weighted by molar-refractivity contribution is 5.93. The highest BCUT2D eigenvalue weighted by Crippen LogP contribution is 1.93. The molecule has 0 aromatic carbocycles. The van der Waals surface area contributed by atoms with Crippen LogP contribution in [-0.2, 0) is 9.59 Å². The van der Waals surface area contributed by atoms with Gasteiger partial charge < -0.3 is 0 Å². The van der Waals surface area contributed by atoms with Gasteiger partial charge in [-0.1, -0.05) is 6.92 Å². The number of imide groups is 1. The van der Waals surface area contributed by atoms with Gasteiger partial charge in [0.15, 0.2) is 0 Å². The van der Waals surface area contributed by atoms with E-state index in [1.54, 1.807) is 13.8 Å². The number of nitrogens with zero attached hydrogens (tertiary/aromatic N) is 1. The maximum Gasteiger partial charge on any atom is 0.228 e. The van der Waals surface area contributed by atoms with E-state index in [2.05, 4.69) is 0 Å². The summed E-state index contributed by atoms with van der Waals surface area (Å²) in [6.45, 7) is 5.40. The van der Waals surface area contributed by atoms with E-state index in [9.17, 15) is 9.59 Å². The molecule has 0 aliphatic heterocycles. The summed E-state index contributed by atoms with van der Waals surface area (Å²) in [7, 11) is 0. The first-order valence-electron chi connectivity index (χ1n) is 3.44. The fraction of sp³-hybridized carbons (Fsp3) is 0.714. The number of amides is 2. The van der Waals surface area contributed by atoms with Crippen LogP contribution in [0.4, 0.5) is 0 Å². The molecule has 0 saturated carbocycles. The molecule has 3 heteroatoms. The van der Waals surface area contributed by atoms with Gasteiger partial charge in [-0.15, -0.1) is 0 Å². The number of carbonyl (C=O) groups excluding carboxylic acids is 2. The van der Waals surface area contributed by atoms with Crippen molar-refractivity contribution in [3.8, 4) is 0 Å². The SMILES string of the molecule is CCC(=O)N(CC)C(C)=O.[HH]. The third kappa shape index (κ3) is 2.17. The molecule has 0 heterocycles. The largest absolute Gasteiger partial charge is 0.283 e. The van der Waals surface area contributed by atoms with Gasteiger partial charge in [-0.2, -0.15) is 0 Å². The molecule has 0 aliphatic carbocycles. The van der Waals surface area contributed by atoms with E-state index in [4.69, 9.17) is 0 Å². The molecular weight excluding hydrogens is 130 g/mol. The summed E-state index contributed by atoms with van der Waals surface area (Å²) in [6, 6.07) is 0. The lowest BCUT2D eigenvalue weighted by atomic mass is 10.4. The molecule has 0 N–H and O–H groups in total. The molecule has 0 radical (unpaired) electrons. The quantitative estimate of drug-likeness (QED) is 0.582. The molecule has 0 unspecified atom stereocenters. The molecule has 0 bridgehead atoms. The van der Waals surface area contributed by atoms with E-state index in [1.165, 1.54) is 11.8 Å². The summed E-state index contributed by atoms with van der Waals surface area (Å²) in [6.07, 6.45) is 0.396. The van der Waals surface area contributed by atoms with Crippen molar-refractivity contribution < 1.29 is 11.0 Å². The Hall–Kier alpha value is -0.860. The van der Waals surface area contributed by atoms with E-state index in [0.717, 1.165) is 0 Å². The lowest BCUT2D eigenvalue weighted by Gasteiger charge is -2.14. The van der Waals surface area contributed by atoms with Gasteiger partial charge in [0.2, 0.25) is 11.8 Å². The molecule has 3 nitrogen and oxygen atoms in total. The minimum atomic E-state index is -0.172.